The fourth-order valence-corrected chi connectivity index (χ4v) is 1.58. The largest absolute Gasteiger partial charge is 0.484 e. The SMILES string of the molecule is CCCCCC(=O)NNC(=O)COc1ccc(Cl)cc1. The Balaban J connectivity index is 2.17. The smallest absolute Gasteiger partial charge is 0.276 e. The molecule has 0 fully saturated rings. The number of hydrazine groups is 1. The van der Waals surface area contributed by atoms with Crippen LogP contribution in [0.1, 0.15) is 32.6 Å². The highest BCUT2D eigenvalue weighted by Crippen LogP contribution is 2.15. The van der Waals surface area contributed by atoms with Crippen molar-refractivity contribution < 1.29 is 14.3 Å². The summed E-state index contributed by atoms with van der Waals surface area (Å²) >= 11 is 5.73. The molecule has 2 amide bonds. The first-order valence-electron chi connectivity index (χ1n) is 6.58. The summed E-state index contributed by atoms with van der Waals surface area (Å²) in [6, 6.07) is 6.67. The van der Waals surface area contributed by atoms with Gasteiger partial charge in [-0.25, -0.2) is 0 Å². The van der Waals surface area contributed by atoms with Gasteiger partial charge < -0.3 is 4.74 Å². The van der Waals surface area contributed by atoms with Crippen molar-refractivity contribution in [3.8, 4) is 5.75 Å². The number of ether oxygens (including phenoxy) is 1. The van der Waals surface area contributed by atoms with Crippen molar-refractivity contribution >= 4 is 23.4 Å². The Bertz CT molecular complexity index is 435. The lowest BCUT2D eigenvalue weighted by Gasteiger charge is -2.08. The van der Waals surface area contributed by atoms with Crippen molar-refractivity contribution in [2.24, 2.45) is 0 Å². The van der Waals surface area contributed by atoms with E-state index in [1.807, 2.05) is 0 Å². The van der Waals surface area contributed by atoms with Gasteiger partial charge in [0.2, 0.25) is 5.91 Å². The number of carbonyl (C=O) groups is 2. The Labute approximate surface area is 123 Å². The normalized spacial score (nSPS) is 9.90. The highest BCUT2D eigenvalue weighted by molar-refractivity contribution is 6.30. The molecule has 0 saturated heterocycles. The van der Waals surface area contributed by atoms with E-state index in [-0.39, 0.29) is 12.5 Å². The van der Waals surface area contributed by atoms with Crippen molar-refractivity contribution in [1.29, 1.82) is 0 Å². The average Bonchev–Trinajstić information content (AvgIpc) is 2.45. The molecule has 5 nitrogen and oxygen atoms in total. The lowest BCUT2D eigenvalue weighted by Crippen LogP contribution is -2.43. The molecule has 0 aromatic heterocycles. The molecule has 0 radical (unpaired) electrons. The summed E-state index contributed by atoms with van der Waals surface area (Å²) in [5, 5.41) is 0.598. The molecule has 6 heteroatoms. The van der Waals surface area contributed by atoms with E-state index in [0.717, 1.165) is 19.3 Å². The molecule has 110 valence electrons. The van der Waals surface area contributed by atoms with E-state index in [1.54, 1.807) is 24.3 Å². The molecule has 1 rings (SSSR count). The first-order chi connectivity index (χ1) is 9.61. The van der Waals surface area contributed by atoms with Crippen LogP contribution in [0.15, 0.2) is 24.3 Å². The van der Waals surface area contributed by atoms with Crippen molar-refractivity contribution in [3.05, 3.63) is 29.3 Å². The van der Waals surface area contributed by atoms with Crippen LogP contribution < -0.4 is 15.6 Å². The Kier molecular flexibility index (Phi) is 7.50. The molecule has 0 spiro atoms. The van der Waals surface area contributed by atoms with E-state index in [9.17, 15) is 9.59 Å². The van der Waals surface area contributed by atoms with Crippen LogP contribution in [-0.2, 0) is 9.59 Å². The summed E-state index contributed by atoms with van der Waals surface area (Å²) in [5.74, 6) is -0.0686. The van der Waals surface area contributed by atoms with Crippen molar-refractivity contribution in [2.45, 2.75) is 32.6 Å². The molecule has 1 aromatic rings. The van der Waals surface area contributed by atoms with Gasteiger partial charge in [0.1, 0.15) is 5.75 Å². The summed E-state index contributed by atoms with van der Waals surface area (Å²) in [7, 11) is 0. The van der Waals surface area contributed by atoms with Gasteiger partial charge in [0.25, 0.3) is 5.91 Å². The Morgan fingerprint density at radius 2 is 1.75 bits per heavy atom. The molecule has 0 atom stereocenters. The number of nitrogens with one attached hydrogen (secondary N) is 2. The molecule has 0 bridgehead atoms. The number of unbranched alkanes of at least 4 members (excludes halogenated alkanes) is 2. The maximum absolute atomic E-state index is 11.4. The van der Waals surface area contributed by atoms with Crippen LogP contribution in [0.3, 0.4) is 0 Å². The highest BCUT2D eigenvalue weighted by Gasteiger charge is 2.05. The standard InChI is InChI=1S/C14H19ClN2O3/c1-2-3-4-5-13(18)16-17-14(19)10-20-12-8-6-11(15)7-9-12/h6-9H,2-5,10H2,1H3,(H,16,18)(H,17,19). The summed E-state index contributed by atoms with van der Waals surface area (Å²) in [4.78, 5) is 22.8. The van der Waals surface area contributed by atoms with Gasteiger partial charge >= 0.3 is 0 Å². The third-order valence-corrected chi connectivity index (χ3v) is 2.78. The van der Waals surface area contributed by atoms with Crippen LogP contribution in [0.5, 0.6) is 5.75 Å². The Morgan fingerprint density at radius 3 is 2.40 bits per heavy atom. The summed E-state index contributed by atoms with van der Waals surface area (Å²) in [5.41, 5.74) is 4.65. The number of carbonyl (C=O) groups excluding carboxylic acids is 2. The van der Waals surface area contributed by atoms with E-state index in [2.05, 4.69) is 17.8 Å². The van der Waals surface area contributed by atoms with Crippen molar-refractivity contribution in [3.63, 3.8) is 0 Å². The fourth-order valence-electron chi connectivity index (χ4n) is 1.45. The van der Waals surface area contributed by atoms with Gasteiger partial charge in [0.05, 0.1) is 0 Å². The van der Waals surface area contributed by atoms with Gasteiger partial charge in [-0.15, -0.1) is 0 Å². The molecule has 0 heterocycles. The zero-order valence-corrected chi connectivity index (χ0v) is 12.2. The van der Waals surface area contributed by atoms with Gasteiger partial charge in [-0.2, -0.15) is 0 Å². The van der Waals surface area contributed by atoms with Crippen LogP contribution in [0.25, 0.3) is 0 Å². The minimum atomic E-state index is -0.413. The van der Waals surface area contributed by atoms with Crippen molar-refractivity contribution in [1.82, 2.24) is 10.9 Å². The van der Waals surface area contributed by atoms with Gasteiger partial charge in [-0.3, -0.25) is 20.4 Å². The predicted octanol–water partition coefficient (Wildman–Crippen LogP) is 2.45. The van der Waals surface area contributed by atoms with E-state index in [1.165, 1.54) is 0 Å². The van der Waals surface area contributed by atoms with Gasteiger partial charge in [0.15, 0.2) is 6.61 Å². The minimum Gasteiger partial charge on any atom is -0.484 e. The molecular formula is C14H19ClN2O3. The van der Waals surface area contributed by atoms with Crippen LogP contribution in [0.4, 0.5) is 0 Å². The second-order valence-corrected chi connectivity index (χ2v) is 4.73. The maximum atomic E-state index is 11.4. The number of benzene rings is 1. The van der Waals surface area contributed by atoms with Crippen LogP contribution >= 0.6 is 11.6 Å². The molecule has 1 aromatic carbocycles. The minimum absolute atomic E-state index is 0.170. The quantitative estimate of drug-likeness (QED) is 0.600. The molecule has 2 N–H and O–H groups in total. The maximum Gasteiger partial charge on any atom is 0.276 e. The Morgan fingerprint density at radius 1 is 1.10 bits per heavy atom. The second kappa shape index (κ2) is 9.20. The van der Waals surface area contributed by atoms with E-state index >= 15 is 0 Å². The lowest BCUT2D eigenvalue weighted by molar-refractivity contribution is -0.130. The summed E-state index contributed by atoms with van der Waals surface area (Å²) in [6.45, 7) is 1.89. The molecular weight excluding hydrogens is 280 g/mol. The van der Waals surface area contributed by atoms with Gasteiger partial charge in [-0.05, 0) is 30.7 Å². The van der Waals surface area contributed by atoms with E-state index in [4.69, 9.17) is 16.3 Å². The number of halogens is 1. The summed E-state index contributed by atoms with van der Waals surface area (Å²) in [6.07, 6.45) is 3.28. The van der Waals surface area contributed by atoms with E-state index in [0.29, 0.717) is 17.2 Å². The average molecular weight is 299 g/mol. The third kappa shape index (κ3) is 6.99. The first kappa shape index (κ1) is 16.3. The topological polar surface area (TPSA) is 67.4 Å². The lowest BCUT2D eigenvalue weighted by atomic mass is 10.2. The molecule has 0 saturated carbocycles. The number of hydrogen-bond acceptors (Lipinski definition) is 3. The predicted molar refractivity (Wildman–Crippen MR) is 77.4 cm³/mol. The number of hydrogen-bond donors (Lipinski definition) is 2. The van der Waals surface area contributed by atoms with E-state index < -0.39 is 5.91 Å². The van der Waals surface area contributed by atoms with Crippen LogP contribution in [0.2, 0.25) is 5.02 Å². The number of rotatable bonds is 7. The van der Waals surface area contributed by atoms with Crippen LogP contribution in [-0.4, -0.2) is 18.4 Å². The number of amides is 2. The second-order valence-electron chi connectivity index (χ2n) is 4.30. The summed E-state index contributed by atoms with van der Waals surface area (Å²) < 4.78 is 5.23. The zero-order valence-electron chi connectivity index (χ0n) is 11.4. The first-order valence-corrected chi connectivity index (χ1v) is 6.95. The molecule has 0 aliphatic carbocycles. The molecule has 0 aliphatic rings. The van der Waals surface area contributed by atoms with Crippen LogP contribution in [0, 0.1) is 0 Å². The zero-order chi connectivity index (χ0) is 14.8. The monoisotopic (exact) mass is 298 g/mol. The molecule has 20 heavy (non-hydrogen) atoms. The Hall–Kier alpha value is -1.75. The molecule has 0 unspecified atom stereocenters. The highest BCUT2D eigenvalue weighted by atomic mass is 35.5. The van der Waals surface area contributed by atoms with Gasteiger partial charge in [0, 0.05) is 11.4 Å². The third-order valence-electron chi connectivity index (χ3n) is 2.53. The van der Waals surface area contributed by atoms with Crippen molar-refractivity contribution in [2.75, 3.05) is 6.61 Å². The fraction of sp³-hybridized carbons (Fsp3) is 0.429. The molecule has 0 aliphatic heterocycles. The van der Waals surface area contributed by atoms with Gasteiger partial charge in [-0.1, -0.05) is 31.4 Å².